The molecule has 0 fully saturated rings. The van der Waals surface area contributed by atoms with Crippen LogP contribution >= 0.6 is 0 Å². The summed E-state index contributed by atoms with van der Waals surface area (Å²) in [6.07, 6.45) is 1.42. The predicted molar refractivity (Wildman–Crippen MR) is 84.6 cm³/mol. The molecule has 2 aromatic carbocycles. The van der Waals surface area contributed by atoms with E-state index in [1.54, 1.807) is 0 Å². The van der Waals surface area contributed by atoms with E-state index in [9.17, 15) is 4.79 Å². The average molecular weight is 288 g/mol. The summed E-state index contributed by atoms with van der Waals surface area (Å²) in [7, 11) is 0. The van der Waals surface area contributed by atoms with Crippen LogP contribution in [-0.2, 0) is 4.79 Å². The highest BCUT2D eigenvalue weighted by Gasteiger charge is 2.08. The number of rotatable bonds is 4. The number of hydrogen-bond acceptors (Lipinski definition) is 5. The zero-order valence-corrected chi connectivity index (χ0v) is 11.6. The first kappa shape index (κ1) is 13.7. The van der Waals surface area contributed by atoms with E-state index in [0.29, 0.717) is 0 Å². The lowest BCUT2D eigenvalue weighted by atomic mass is 10.1. The van der Waals surface area contributed by atoms with Crippen molar-refractivity contribution in [1.82, 2.24) is 9.97 Å². The van der Waals surface area contributed by atoms with Gasteiger partial charge in [-0.15, -0.1) is 0 Å². The molecule has 3 aromatic rings. The van der Waals surface area contributed by atoms with Crippen LogP contribution < -0.4 is 5.43 Å². The van der Waals surface area contributed by atoms with Crippen molar-refractivity contribution in [2.45, 2.75) is 0 Å². The van der Waals surface area contributed by atoms with Gasteiger partial charge in [0.15, 0.2) is 0 Å². The lowest BCUT2D eigenvalue weighted by molar-refractivity contribution is 0.564. The van der Waals surface area contributed by atoms with E-state index in [4.69, 9.17) is 0 Å². The Morgan fingerprint density at radius 2 is 1.32 bits per heavy atom. The van der Waals surface area contributed by atoms with Crippen LogP contribution in [0.2, 0.25) is 0 Å². The number of isocyanates is 1. The molecule has 0 radical (unpaired) electrons. The van der Waals surface area contributed by atoms with Gasteiger partial charge < -0.3 is 0 Å². The van der Waals surface area contributed by atoms with Gasteiger partial charge in [-0.1, -0.05) is 65.8 Å². The minimum absolute atomic E-state index is 0.253. The van der Waals surface area contributed by atoms with E-state index in [1.165, 1.54) is 6.08 Å². The third-order valence-corrected chi connectivity index (χ3v) is 3.07. The van der Waals surface area contributed by atoms with Crippen LogP contribution in [0.4, 0.5) is 5.95 Å². The van der Waals surface area contributed by atoms with E-state index in [1.807, 2.05) is 66.7 Å². The van der Waals surface area contributed by atoms with E-state index < -0.39 is 0 Å². The Morgan fingerprint density at radius 1 is 0.818 bits per heavy atom. The van der Waals surface area contributed by atoms with Crippen molar-refractivity contribution in [3.8, 4) is 22.5 Å². The molecule has 0 spiro atoms. The second-order valence-corrected chi connectivity index (χ2v) is 4.51. The maximum atomic E-state index is 10.3. The average Bonchev–Trinajstić information content (AvgIpc) is 2.61. The fraction of sp³-hybridized carbons (Fsp3) is 0. The molecule has 5 nitrogen and oxygen atoms in total. The largest absolute Gasteiger partial charge is 0.258 e. The number of anilines is 1. The van der Waals surface area contributed by atoms with Crippen LogP contribution in [0.3, 0.4) is 0 Å². The van der Waals surface area contributed by atoms with Gasteiger partial charge in [-0.3, -0.25) is 0 Å². The van der Waals surface area contributed by atoms with E-state index in [0.717, 1.165) is 22.5 Å². The Morgan fingerprint density at radius 3 is 1.77 bits per heavy atom. The molecule has 5 heteroatoms. The number of hydrogen-bond donors (Lipinski definition) is 1. The van der Waals surface area contributed by atoms with Gasteiger partial charge in [0.25, 0.3) is 6.08 Å². The highest BCUT2D eigenvalue weighted by molar-refractivity contribution is 5.69. The molecule has 0 aliphatic heterocycles. The zero-order valence-electron chi connectivity index (χ0n) is 11.6. The number of hydrazone groups is 1. The van der Waals surface area contributed by atoms with Gasteiger partial charge >= 0.3 is 0 Å². The minimum atomic E-state index is 0.253. The molecule has 0 saturated heterocycles. The van der Waals surface area contributed by atoms with Gasteiger partial charge in [0.05, 0.1) is 11.4 Å². The molecule has 0 aliphatic rings. The highest BCUT2D eigenvalue weighted by Crippen LogP contribution is 2.24. The number of benzene rings is 2. The fourth-order valence-corrected chi connectivity index (χ4v) is 2.08. The van der Waals surface area contributed by atoms with Crippen LogP contribution in [0.15, 0.2) is 71.8 Å². The Hall–Kier alpha value is -3.30. The second-order valence-electron chi connectivity index (χ2n) is 4.51. The third-order valence-electron chi connectivity index (χ3n) is 3.07. The molecule has 1 aromatic heterocycles. The first-order chi connectivity index (χ1) is 10.9. The third kappa shape index (κ3) is 3.06. The standard InChI is InChI=1S/C17H12N4O/c22-12-18-21-17-19-15(13-7-3-1-4-8-13)11-16(20-17)14-9-5-2-6-10-14/h1-11H,(H,19,20,21). The van der Waals surface area contributed by atoms with Crippen LogP contribution in [0.25, 0.3) is 22.5 Å². The number of nitrogens with one attached hydrogen (secondary N) is 1. The lowest BCUT2D eigenvalue weighted by Gasteiger charge is -2.07. The molecule has 22 heavy (non-hydrogen) atoms. The van der Waals surface area contributed by atoms with Crippen LogP contribution in [-0.4, -0.2) is 16.0 Å². The van der Waals surface area contributed by atoms with Gasteiger partial charge in [-0.05, 0) is 6.07 Å². The molecular formula is C17H12N4O. The summed E-state index contributed by atoms with van der Waals surface area (Å²) in [5.41, 5.74) is 5.91. The fourth-order valence-electron chi connectivity index (χ4n) is 2.08. The van der Waals surface area contributed by atoms with Gasteiger partial charge in [0.2, 0.25) is 5.95 Å². The van der Waals surface area contributed by atoms with Crippen molar-refractivity contribution < 1.29 is 4.79 Å². The van der Waals surface area contributed by atoms with E-state index in [2.05, 4.69) is 20.5 Å². The zero-order chi connectivity index (χ0) is 15.2. The van der Waals surface area contributed by atoms with Gasteiger partial charge in [-0.2, -0.15) is 0 Å². The van der Waals surface area contributed by atoms with Crippen molar-refractivity contribution in [1.29, 1.82) is 0 Å². The van der Waals surface area contributed by atoms with Crippen LogP contribution in [0.1, 0.15) is 0 Å². The molecule has 1 heterocycles. The van der Waals surface area contributed by atoms with Crippen molar-refractivity contribution in [3.63, 3.8) is 0 Å². The molecule has 1 N–H and O–H groups in total. The first-order valence-corrected chi connectivity index (χ1v) is 6.69. The number of aromatic nitrogens is 2. The highest BCUT2D eigenvalue weighted by atomic mass is 16.1. The minimum Gasteiger partial charge on any atom is -0.234 e. The van der Waals surface area contributed by atoms with Crippen molar-refractivity contribution in [2.75, 3.05) is 5.43 Å². The quantitative estimate of drug-likeness (QED) is 0.453. The Balaban J connectivity index is 2.12. The topological polar surface area (TPSA) is 67.2 Å². The Labute approximate surface area is 127 Å². The monoisotopic (exact) mass is 288 g/mol. The summed E-state index contributed by atoms with van der Waals surface area (Å²) < 4.78 is 0. The van der Waals surface area contributed by atoms with E-state index >= 15 is 0 Å². The normalized spacial score (nSPS) is 9.82. The van der Waals surface area contributed by atoms with Gasteiger partial charge in [-0.25, -0.2) is 20.2 Å². The molecule has 0 aliphatic carbocycles. The molecule has 0 saturated carbocycles. The summed E-state index contributed by atoms with van der Waals surface area (Å²) in [6, 6.07) is 21.4. The molecular weight excluding hydrogens is 276 g/mol. The molecule has 0 bridgehead atoms. The summed E-state index contributed by atoms with van der Waals surface area (Å²) in [5, 5.41) is 3.33. The van der Waals surface area contributed by atoms with E-state index in [-0.39, 0.29) is 5.95 Å². The number of nitrogens with zero attached hydrogens (tertiary/aromatic N) is 3. The summed E-state index contributed by atoms with van der Waals surface area (Å²) in [5.74, 6) is 0.253. The Bertz CT molecular complexity index is 755. The molecule has 106 valence electrons. The Kier molecular flexibility index (Phi) is 4.00. The molecule has 0 atom stereocenters. The SMILES string of the molecule is O=C=NNc1nc(-c2ccccc2)cc(-c2ccccc2)n1. The van der Waals surface area contributed by atoms with Crippen LogP contribution in [0, 0.1) is 0 Å². The van der Waals surface area contributed by atoms with Crippen LogP contribution in [0.5, 0.6) is 0 Å². The predicted octanol–water partition coefficient (Wildman–Crippen LogP) is 3.47. The maximum Gasteiger partial charge on any atom is 0.258 e. The van der Waals surface area contributed by atoms with Crippen molar-refractivity contribution in [2.24, 2.45) is 5.10 Å². The molecule has 0 unspecified atom stereocenters. The second kappa shape index (κ2) is 6.43. The summed E-state index contributed by atoms with van der Waals surface area (Å²) in [4.78, 5) is 19.0. The van der Waals surface area contributed by atoms with Gasteiger partial charge in [0.1, 0.15) is 0 Å². The maximum absolute atomic E-state index is 10.3. The molecule has 0 amide bonds. The van der Waals surface area contributed by atoms with Crippen molar-refractivity contribution >= 4 is 12.0 Å². The van der Waals surface area contributed by atoms with Gasteiger partial charge in [0, 0.05) is 11.1 Å². The molecule has 3 rings (SSSR count). The summed E-state index contributed by atoms with van der Waals surface area (Å²) >= 11 is 0. The first-order valence-electron chi connectivity index (χ1n) is 6.69. The van der Waals surface area contributed by atoms with Crippen molar-refractivity contribution in [3.05, 3.63) is 66.7 Å². The number of carbonyl (C=O) groups excluding carboxylic acids is 1. The summed E-state index contributed by atoms with van der Waals surface area (Å²) in [6.45, 7) is 0. The lowest BCUT2D eigenvalue weighted by Crippen LogP contribution is -1.99. The smallest absolute Gasteiger partial charge is 0.234 e.